The van der Waals surface area contributed by atoms with Gasteiger partial charge < -0.3 is 5.32 Å². The van der Waals surface area contributed by atoms with Gasteiger partial charge in [0, 0.05) is 39.5 Å². The monoisotopic (exact) mass is 422 g/mol. The van der Waals surface area contributed by atoms with Gasteiger partial charge in [-0.3, -0.25) is 4.79 Å². The van der Waals surface area contributed by atoms with Crippen LogP contribution in [0.15, 0.2) is 58.9 Å². The van der Waals surface area contributed by atoms with Gasteiger partial charge in [0.25, 0.3) is 0 Å². The summed E-state index contributed by atoms with van der Waals surface area (Å²) >= 11 is 3.77. The van der Waals surface area contributed by atoms with Gasteiger partial charge in [0.05, 0.1) is 5.41 Å². The molecule has 1 unspecified atom stereocenters. The van der Waals surface area contributed by atoms with Crippen LogP contribution < -0.4 is 5.32 Å². The van der Waals surface area contributed by atoms with E-state index in [1.165, 1.54) is 0 Å². The molecule has 0 amide bonds. The summed E-state index contributed by atoms with van der Waals surface area (Å²) in [6.07, 6.45) is 4.99. The van der Waals surface area contributed by atoms with E-state index >= 15 is 0 Å². The van der Waals surface area contributed by atoms with Crippen LogP contribution >= 0.6 is 15.9 Å². The number of nitrogens with zero attached hydrogens (tertiary/aromatic N) is 1. The highest BCUT2D eigenvalue weighted by Crippen LogP contribution is 2.54. The lowest BCUT2D eigenvalue weighted by Crippen LogP contribution is -2.42. The minimum Gasteiger partial charge on any atom is -0.343 e. The molecule has 1 atom stereocenters. The number of fused-ring (bicyclic) bond motifs is 1. The summed E-state index contributed by atoms with van der Waals surface area (Å²) in [5, 5.41) is 3.49. The predicted octanol–water partition coefficient (Wildman–Crippen LogP) is 5.86. The van der Waals surface area contributed by atoms with Gasteiger partial charge in [0.2, 0.25) is 0 Å². The van der Waals surface area contributed by atoms with E-state index < -0.39 is 5.41 Å². The second-order valence-corrected chi connectivity index (χ2v) is 9.16. The molecule has 1 N–H and O–H groups in total. The number of aromatic nitrogens is 1. The number of hydrogen-bond acceptors (Lipinski definition) is 3. The summed E-state index contributed by atoms with van der Waals surface area (Å²) < 4.78 is 0.936. The van der Waals surface area contributed by atoms with Gasteiger partial charge in [-0.15, -0.1) is 0 Å². The number of ketones is 1. The number of rotatable bonds is 2. The van der Waals surface area contributed by atoms with Crippen LogP contribution in [-0.2, 0) is 10.2 Å². The molecule has 0 bridgehead atoms. The molecule has 3 nitrogen and oxygen atoms in total. The van der Waals surface area contributed by atoms with Gasteiger partial charge in [-0.2, -0.15) is 0 Å². The zero-order valence-electron chi connectivity index (χ0n) is 15.9. The highest BCUT2D eigenvalue weighted by molar-refractivity contribution is 9.10. The van der Waals surface area contributed by atoms with Crippen molar-refractivity contribution in [1.82, 2.24) is 4.98 Å². The Morgan fingerprint density at radius 3 is 2.56 bits per heavy atom. The Hall–Kier alpha value is -2.20. The van der Waals surface area contributed by atoms with Gasteiger partial charge in [-0.05, 0) is 40.3 Å². The summed E-state index contributed by atoms with van der Waals surface area (Å²) in [7, 11) is 0. The molecular weight excluding hydrogens is 400 g/mol. The molecule has 2 aliphatic rings. The number of benzene rings is 1. The van der Waals surface area contributed by atoms with Crippen LogP contribution in [0.5, 0.6) is 0 Å². The second kappa shape index (κ2) is 6.16. The number of anilines is 1. The van der Waals surface area contributed by atoms with E-state index in [1.807, 2.05) is 24.4 Å². The second-order valence-electron chi connectivity index (χ2n) is 8.37. The summed E-state index contributed by atoms with van der Waals surface area (Å²) in [4.78, 5) is 18.0. The number of carbonyl (C=O) groups is 1. The summed E-state index contributed by atoms with van der Waals surface area (Å²) in [6.45, 7) is 10.4. The third kappa shape index (κ3) is 2.69. The molecule has 0 spiro atoms. The van der Waals surface area contributed by atoms with E-state index in [2.05, 4.69) is 65.7 Å². The van der Waals surface area contributed by atoms with Crippen molar-refractivity contribution in [1.29, 1.82) is 0 Å². The normalized spacial score (nSPS) is 23.3. The Kier molecular flexibility index (Phi) is 4.15. The van der Waals surface area contributed by atoms with E-state index in [1.54, 1.807) is 6.08 Å². The largest absolute Gasteiger partial charge is 0.343 e. The zero-order chi connectivity index (χ0) is 19.4. The standard InChI is InChI=1S/C23H23BrN2O/c1-5-14-13-25-21-19(20(14)24)23(4,15-9-7-6-8-10-15)18-16(26-21)11-22(2,3)12-17(18)27/h5-10,13H,1,11-12H2,2-4H3,(H,25,26). The fourth-order valence-electron chi connectivity index (χ4n) is 4.53. The molecule has 2 aromatic rings. The quantitative estimate of drug-likeness (QED) is 0.658. The van der Waals surface area contributed by atoms with Crippen molar-refractivity contribution >= 4 is 33.6 Å². The van der Waals surface area contributed by atoms with Gasteiger partial charge in [-0.1, -0.05) is 56.8 Å². The SMILES string of the molecule is C=Cc1cnc2c(c1Br)C(C)(c1ccccc1)C1=C(CC(C)(C)CC1=O)N2. The third-order valence-electron chi connectivity index (χ3n) is 5.76. The maximum atomic E-state index is 13.4. The number of allylic oxidation sites excluding steroid dienone is 2. The first kappa shape index (κ1) is 18.2. The topological polar surface area (TPSA) is 42.0 Å². The fourth-order valence-corrected chi connectivity index (χ4v) is 5.38. The van der Waals surface area contributed by atoms with E-state index in [-0.39, 0.29) is 11.2 Å². The lowest BCUT2D eigenvalue weighted by Gasteiger charge is -2.45. The van der Waals surface area contributed by atoms with E-state index in [9.17, 15) is 4.79 Å². The molecule has 2 heterocycles. The van der Waals surface area contributed by atoms with Crippen LogP contribution in [0.25, 0.3) is 6.08 Å². The first-order chi connectivity index (χ1) is 12.8. The molecule has 1 aliphatic carbocycles. The average molecular weight is 423 g/mol. The summed E-state index contributed by atoms with van der Waals surface area (Å²) in [5.41, 5.74) is 4.25. The first-order valence-corrected chi connectivity index (χ1v) is 9.98. The Bertz CT molecular complexity index is 991. The van der Waals surface area contributed by atoms with Crippen molar-refractivity contribution in [2.24, 2.45) is 5.41 Å². The molecular formula is C23H23BrN2O. The molecule has 138 valence electrons. The minimum atomic E-state index is -0.574. The Morgan fingerprint density at radius 2 is 1.89 bits per heavy atom. The van der Waals surface area contributed by atoms with Crippen LogP contribution in [0, 0.1) is 5.41 Å². The molecule has 4 rings (SSSR count). The number of nitrogens with one attached hydrogen (secondary N) is 1. The highest BCUT2D eigenvalue weighted by atomic mass is 79.9. The smallest absolute Gasteiger partial charge is 0.162 e. The molecule has 0 saturated carbocycles. The molecule has 1 aromatic carbocycles. The maximum absolute atomic E-state index is 13.4. The average Bonchev–Trinajstić information content (AvgIpc) is 2.61. The Labute approximate surface area is 168 Å². The van der Waals surface area contributed by atoms with Crippen molar-refractivity contribution < 1.29 is 4.79 Å². The molecule has 0 fully saturated rings. The number of hydrogen-bond donors (Lipinski definition) is 1. The van der Waals surface area contributed by atoms with Crippen LogP contribution in [0.2, 0.25) is 0 Å². The molecule has 1 aliphatic heterocycles. The predicted molar refractivity (Wildman–Crippen MR) is 114 cm³/mol. The fraction of sp³-hybridized carbons (Fsp3) is 0.304. The molecule has 27 heavy (non-hydrogen) atoms. The van der Waals surface area contributed by atoms with Crippen LogP contribution in [0.1, 0.15) is 50.3 Å². The highest BCUT2D eigenvalue weighted by Gasteiger charge is 2.48. The van der Waals surface area contributed by atoms with Crippen LogP contribution in [0.4, 0.5) is 5.82 Å². The van der Waals surface area contributed by atoms with Crippen molar-refractivity contribution in [3.05, 3.63) is 75.5 Å². The van der Waals surface area contributed by atoms with Gasteiger partial charge in [0.1, 0.15) is 5.82 Å². The van der Waals surface area contributed by atoms with E-state index in [0.717, 1.165) is 44.7 Å². The third-order valence-corrected chi connectivity index (χ3v) is 6.61. The van der Waals surface area contributed by atoms with Crippen LogP contribution in [-0.4, -0.2) is 10.8 Å². The molecule has 0 saturated heterocycles. The Morgan fingerprint density at radius 1 is 1.19 bits per heavy atom. The Balaban J connectivity index is 2.07. The number of Topliss-reactive ketones (excluding diaryl/α,β-unsaturated/α-hetero) is 1. The molecule has 4 heteroatoms. The van der Waals surface area contributed by atoms with Gasteiger partial charge >= 0.3 is 0 Å². The summed E-state index contributed by atoms with van der Waals surface area (Å²) in [5.74, 6) is 1.02. The number of halogens is 1. The van der Waals surface area contributed by atoms with E-state index in [0.29, 0.717) is 6.42 Å². The first-order valence-electron chi connectivity index (χ1n) is 9.19. The van der Waals surface area contributed by atoms with Crippen molar-refractivity contribution in [2.45, 2.75) is 39.0 Å². The lowest BCUT2D eigenvalue weighted by molar-refractivity contribution is -0.118. The van der Waals surface area contributed by atoms with Gasteiger partial charge in [0.15, 0.2) is 5.78 Å². The van der Waals surface area contributed by atoms with Crippen LogP contribution in [0.3, 0.4) is 0 Å². The van der Waals surface area contributed by atoms with Gasteiger partial charge in [-0.25, -0.2) is 4.98 Å². The molecule has 0 radical (unpaired) electrons. The van der Waals surface area contributed by atoms with Crippen molar-refractivity contribution in [3.63, 3.8) is 0 Å². The minimum absolute atomic E-state index is 0.0592. The van der Waals surface area contributed by atoms with Crippen molar-refractivity contribution in [3.8, 4) is 0 Å². The summed E-state index contributed by atoms with van der Waals surface area (Å²) in [6, 6.07) is 10.2. The maximum Gasteiger partial charge on any atom is 0.162 e. The van der Waals surface area contributed by atoms with E-state index in [4.69, 9.17) is 0 Å². The number of pyridine rings is 1. The number of carbonyl (C=O) groups excluding carboxylic acids is 1. The zero-order valence-corrected chi connectivity index (χ0v) is 17.5. The van der Waals surface area contributed by atoms with Crippen molar-refractivity contribution in [2.75, 3.05) is 5.32 Å². The lowest BCUT2D eigenvalue weighted by atomic mass is 9.62. The molecule has 1 aromatic heterocycles.